The van der Waals surface area contributed by atoms with Gasteiger partial charge in [0.05, 0.1) is 0 Å². The van der Waals surface area contributed by atoms with Crippen molar-refractivity contribution in [3.05, 3.63) is 0 Å². The van der Waals surface area contributed by atoms with E-state index < -0.39 is 0 Å². The Morgan fingerprint density at radius 1 is 1.25 bits per heavy atom. The first-order valence-electron chi connectivity index (χ1n) is 5.10. The van der Waals surface area contributed by atoms with Crippen LogP contribution in [0.1, 0.15) is 25.7 Å². The molecule has 1 saturated heterocycles. The van der Waals surface area contributed by atoms with Crippen LogP contribution in [0.15, 0.2) is 0 Å². The van der Waals surface area contributed by atoms with Crippen LogP contribution in [0.3, 0.4) is 0 Å². The maximum absolute atomic E-state index is 9.28. The third-order valence-electron chi connectivity index (χ3n) is 3.24. The number of rotatable bonds is 3. The molecule has 0 amide bonds. The van der Waals surface area contributed by atoms with E-state index >= 15 is 0 Å². The minimum Gasteiger partial charge on any atom is -0.396 e. The van der Waals surface area contributed by atoms with Gasteiger partial charge in [0.25, 0.3) is 0 Å². The largest absolute Gasteiger partial charge is 0.396 e. The van der Waals surface area contributed by atoms with Crippen LogP contribution in [0.5, 0.6) is 0 Å². The SMILES string of the molecule is OCC(C1CC1)C1CCCSC1. The zero-order chi connectivity index (χ0) is 8.39. The van der Waals surface area contributed by atoms with Crippen molar-refractivity contribution in [1.82, 2.24) is 0 Å². The third kappa shape index (κ3) is 1.97. The van der Waals surface area contributed by atoms with Crippen molar-refractivity contribution < 1.29 is 5.11 Å². The van der Waals surface area contributed by atoms with E-state index in [1.165, 1.54) is 37.2 Å². The Labute approximate surface area is 78.9 Å². The summed E-state index contributed by atoms with van der Waals surface area (Å²) in [5.74, 6) is 5.03. The van der Waals surface area contributed by atoms with E-state index in [9.17, 15) is 5.11 Å². The standard InChI is InChI=1S/C10H18OS/c11-6-10(8-3-4-8)9-2-1-5-12-7-9/h8-11H,1-7H2. The smallest absolute Gasteiger partial charge is 0.0464 e. The molecule has 1 N–H and O–H groups in total. The lowest BCUT2D eigenvalue weighted by Crippen LogP contribution is -2.25. The molecule has 2 unspecified atom stereocenters. The Kier molecular flexibility index (Phi) is 2.97. The van der Waals surface area contributed by atoms with Gasteiger partial charge in [-0.15, -0.1) is 0 Å². The second-order valence-corrected chi connectivity index (χ2v) is 5.31. The molecular formula is C10H18OS. The molecule has 1 heterocycles. The van der Waals surface area contributed by atoms with Crippen molar-refractivity contribution in [1.29, 1.82) is 0 Å². The average molecular weight is 186 g/mol. The molecule has 2 heteroatoms. The van der Waals surface area contributed by atoms with E-state index in [0.29, 0.717) is 12.5 Å². The van der Waals surface area contributed by atoms with E-state index in [1.54, 1.807) is 0 Å². The molecule has 0 spiro atoms. The van der Waals surface area contributed by atoms with Crippen molar-refractivity contribution in [2.75, 3.05) is 18.1 Å². The van der Waals surface area contributed by atoms with Crippen LogP contribution in [0.4, 0.5) is 0 Å². The highest BCUT2D eigenvalue weighted by molar-refractivity contribution is 7.99. The number of thioether (sulfide) groups is 1. The minimum absolute atomic E-state index is 0.440. The molecule has 2 atom stereocenters. The summed E-state index contributed by atoms with van der Waals surface area (Å²) in [6.07, 6.45) is 5.51. The van der Waals surface area contributed by atoms with E-state index in [1.807, 2.05) is 0 Å². The van der Waals surface area contributed by atoms with Crippen LogP contribution in [0.25, 0.3) is 0 Å². The van der Waals surface area contributed by atoms with Gasteiger partial charge in [-0.1, -0.05) is 0 Å². The Bertz CT molecular complexity index is 139. The number of aliphatic hydroxyl groups is 1. The van der Waals surface area contributed by atoms with Gasteiger partial charge in [-0.3, -0.25) is 0 Å². The monoisotopic (exact) mass is 186 g/mol. The molecule has 0 aromatic heterocycles. The fraction of sp³-hybridized carbons (Fsp3) is 1.00. The van der Waals surface area contributed by atoms with E-state index in [2.05, 4.69) is 11.8 Å². The molecule has 0 radical (unpaired) electrons. The number of aliphatic hydroxyl groups excluding tert-OH is 1. The number of hydrogen-bond donors (Lipinski definition) is 1. The van der Waals surface area contributed by atoms with Gasteiger partial charge in [0.1, 0.15) is 0 Å². The fourth-order valence-corrected chi connectivity index (χ4v) is 3.56. The first-order chi connectivity index (χ1) is 5.92. The molecule has 12 heavy (non-hydrogen) atoms. The Balaban J connectivity index is 1.85. The number of hydrogen-bond acceptors (Lipinski definition) is 2. The van der Waals surface area contributed by atoms with Crippen LogP contribution >= 0.6 is 11.8 Å². The fourth-order valence-electron chi connectivity index (χ4n) is 2.31. The highest BCUT2D eigenvalue weighted by Crippen LogP contribution is 2.43. The molecule has 1 nitrogen and oxygen atoms in total. The topological polar surface area (TPSA) is 20.2 Å². The van der Waals surface area contributed by atoms with Crippen LogP contribution < -0.4 is 0 Å². The molecule has 0 aromatic carbocycles. The molecule has 2 fully saturated rings. The lowest BCUT2D eigenvalue weighted by molar-refractivity contribution is 0.159. The quantitative estimate of drug-likeness (QED) is 0.729. The van der Waals surface area contributed by atoms with Crippen molar-refractivity contribution in [2.24, 2.45) is 17.8 Å². The summed E-state index contributed by atoms with van der Waals surface area (Å²) >= 11 is 2.08. The van der Waals surface area contributed by atoms with Gasteiger partial charge >= 0.3 is 0 Å². The van der Waals surface area contributed by atoms with Crippen LogP contribution in [-0.2, 0) is 0 Å². The van der Waals surface area contributed by atoms with Gasteiger partial charge in [-0.2, -0.15) is 11.8 Å². The molecule has 2 aliphatic rings. The maximum atomic E-state index is 9.28. The highest BCUT2D eigenvalue weighted by atomic mass is 32.2. The molecular weight excluding hydrogens is 168 g/mol. The predicted molar refractivity (Wildman–Crippen MR) is 53.3 cm³/mol. The lowest BCUT2D eigenvalue weighted by atomic mass is 9.86. The molecule has 1 aliphatic heterocycles. The second kappa shape index (κ2) is 4.01. The summed E-state index contributed by atoms with van der Waals surface area (Å²) in [6, 6.07) is 0. The minimum atomic E-state index is 0.440. The average Bonchev–Trinajstić information content (AvgIpc) is 2.92. The van der Waals surface area contributed by atoms with Crippen LogP contribution in [-0.4, -0.2) is 23.2 Å². The van der Waals surface area contributed by atoms with Crippen molar-refractivity contribution in [3.8, 4) is 0 Å². The van der Waals surface area contributed by atoms with Crippen molar-refractivity contribution >= 4 is 11.8 Å². The highest BCUT2D eigenvalue weighted by Gasteiger charge is 2.36. The molecule has 0 bridgehead atoms. The summed E-state index contributed by atoms with van der Waals surface area (Å²) in [6.45, 7) is 0.440. The van der Waals surface area contributed by atoms with Gasteiger partial charge in [0, 0.05) is 6.61 Å². The molecule has 0 aromatic rings. The van der Waals surface area contributed by atoms with Gasteiger partial charge < -0.3 is 5.11 Å². The maximum Gasteiger partial charge on any atom is 0.0464 e. The first-order valence-corrected chi connectivity index (χ1v) is 6.26. The summed E-state index contributed by atoms with van der Waals surface area (Å²) in [5.41, 5.74) is 0. The molecule has 70 valence electrons. The third-order valence-corrected chi connectivity index (χ3v) is 4.48. The lowest BCUT2D eigenvalue weighted by Gasteiger charge is -2.28. The van der Waals surface area contributed by atoms with Crippen LogP contribution in [0.2, 0.25) is 0 Å². The summed E-state index contributed by atoms with van der Waals surface area (Å²) in [7, 11) is 0. The summed E-state index contributed by atoms with van der Waals surface area (Å²) < 4.78 is 0. The zero-order valence-electron chi connectivity index (χ0n) is 7.54. The second-order valence-electron chi connectivity index (χ2n) is 4.16. The van der Waals surface area contributed by atoms with Gasteiger partial charge in [-0.25, -0.2) is 0 Å². The Morgan fingerprint density at radius 2 is 2.08 bits per heavy atom. The summed E-state index contributed by atoms with van der Waals surface area (Å²) in [4.78, 5) is 0. The first kappa shape index (κ1) is 8.89. The van der Waals surface area contributed by atoms with Crippen molar-refractivity contribution in [2.45, 2.75) is 25.7 Å². The van der Waals surface area contributed by atoms with E-state index in [4.69, 9.17) is 0 Å². The van der Waals surface area contributed by atoms with Gasteiger partial charge in [0.15, 0.2) is 0 Å². The van der Waals surface area contributed by atoms with Crippen LogP contribution in [0, 0.1) is 17.8 Å². The molecule has 2 rings (SSSR count). The zero-order valence-corrected chi connectivity index (χ0v) is 8.35. The Hall–Kier alpha value is 0.310. The van der Waals surface area contributed by atoms with Gasteiger partial charge in [0.2, 0.25) is 0 Å². The van der Waals surface area contributed by atoms with Gasteiger partial charge in [-0.05, 0) is 54.9 Å². The molecule has 1 saturated carbocycles. The van der Waals surface area contributed by atoms with E-state index in [-0.39, 0.29) is 0 Å². The van der Waals surface area contributed by atoms with Crippen molar-refractivity contribution in [3.63, 3.8) is 0 Å². The summed E-state index contributed by atoms with van der Waals surface area (Å²) in [5, 5.41) is 9.28. The Morgan fingerprint density at radius 3 is 2.58 bits per heavy atom. The predicted octanol–water partition coefficient (Wildman–Crippen LogP) is 2.15. The normalized spacial score (nSPS) is 33.2. The van der Waals surface area contributed by atoms with E-state index in [0.717, 1.165) is 11.8 Å². The molecule has 1 aliphatic carbocycles.